The smallest absolute Gasteiger partial charge is 0.0299 e. The molecule has 0 unspecified atom stereocenters. The summed E-state index contributed by atoms with van der Waals surface area (Å²) in [5, 5.41) is 0. The Hall–Kier alpha value is -0.560. The van der Waals surface area contributed by atoms with Gasteiger partial charge in [-0.2, -0.15) is 0 Å². The van der Waals surface area contributed by atoms with Crippen LogP contribution in [0.5, 0.6) is 0 Å². The lowest BCUT2D eigenvalue weighted by Gasteiger charge is -2.10. The van der Waals surface area contributed by atoms with Crippen LogP contribution in [0.1, 0.15) is 33.7 Å². The first-order valence-electron chi connectivity index (χ1n) is 4.56. The summed E-state index contributed by atoms with van der Waals surface area (Å²) < 4.78 is 0. The van der Waals surface area contributed by atoms with Crippen LogP contribution in [0.2, 0.25) is 0 Å². The summed E-state index contributed by atoms with van der Waals surface area (Å²) in [7, 11) is 0. The Morgan fingerprint density at radius 2 is 2.08 bits per heavy atom. The average Bonchev–Trinajstić information content (AvgIpc) is 2.44. The molecular weight excluding hydrogens is 164 g/mol. The van der Waals surface area contributed by atoms with Gasteiger partial charge in [0.1, 0.15) is 0 Å². The quantitative estimate of drug-likeness (QED) is 0.616. The molecule has 0 radical (unpaired) electrons. The molecule has 1 heterocycles. The summed E-state index contributed by atoms with van der Waals surface area (Å²) >= 11 is 1.94. The summed E-state index contributed by atoms with van der Waals surface area (Å²) in [5.74, 6) is 0. The normalized spacial score (nSPS) is 15.8. The lowest BCUT2D eigenvalue weighted by molar-refractivity contribution is 0.694. The van der Waals surface area contributed by atoms with Crippen molar-refractivity contribution in [1.82, 2.24) is 0 Å². The molecule has 1 aliphatic carbocycles. The molecule has 0 nitrogen and oxygen atoms in total. The van der Waals surface area contributed by atoms with Crippen LogP contribution in [0.3, 0.4) is 0 Å². The van der Waals surface area contributed by atoms with Crippen LogP contribution < -0.4 is 0 Å². The van der Waals surface area contributed by atoms with Crippen molar-refractivity contribution in [3.8, 4) is 0 Å². The van der Waals surface area contributed by atoms with Gasteiger partial charge in [0, 0.05) is 9.75 Å². The summed E-state index contributed by atoms with van der Waals surface area (Å²) in [4.78, 5) is 3.01. The van der Waals surface area contributed by atoms with Gasteiger partial charge in [-0.3, -0.25) is 0 Å². The first-order chi connectivity index (χ1) is 5.83. The molecule has 64 valence electrons. The number of rotatable bonds is 1. The predicted molar refractivity (Wildman–Crippen MR) is 55.8 cm³/mol. The van der Waals surface area contributed by atoms with Gasteiger partial charge < -0.3 is 0 Å². The van der Waals surface area contributed by atoms with E-state index in [2.05, 4.69) is 13.5 Å². The Balaban J connectivity index is 2.51. The largest absolute Gasteiger partial charge is 0.140 e. The van der Waals surface area contributed by atoms with Gasteiger partial charge in [0.05, 0.1) is 0 Å². The van der Waals surface area contributed by atoms with Gasteiger partial charge in [-0.05, 0) is 43.7 Å². The van der Waals surface area contributed by atoms with E-state index in [0.717, 1.165) is 0 Å². The van der Waals surface area contributed by atoms with E-state index >= 15 is 0 Å². The van der Waals surface area contributed by atoms with Crippen molar-refractivity contribution in [3.63, 3.8) is 0 Å². The zero-order chi connectivity index (χ0) is 8.55. The first-order valence-corrected chi connectivity index (χ1v) is 5.38. The Morgan fingerprint density at radius 3 is 2.75 bits per heavy atom. The van der Waals surface area contributed by atoms with Gasteiger partial charge >= 0.3 is 0 Å². The number of thiophene rings is 1. The highest BCUT2D eigenvalue weighted by Crippen LogP contribution is 2.34. The van der Waals surface area contributed by atoms with Crippen LogP contribution in [0.25, 0.3) is 6.08 Å². The van der Waals surface area contributed by atoms with Crippen molar-refractivity contribution >= 4 is 17.4 Å². The van der Waals surface area contributed by atoms with E-state index < -0.39 is 0 Å². The van der Waals surface area contributed by atoms with Crippen LogP contribution in [-0.4, -0.2) is 0 Å². The molecule has 0 amide bonds. The highest BCUT2D eigenvalue weighted by molar-refractivity contribution is 7.13. The maximum Gasteiger partial charge on any atom is 0.0299 e. The summed E-state index contributed by atoms with van der Waals surface area (Å²) in [6.07, 6.45) is 7.35. The monoisotopic (exact) mass is 178 g/mol. The fourth-order valence-electron chi connectivity index (χ4n) is 1.94. The molecule has 1 aromatic rings. The molecule has 0 spiro atoms. The molecular formula is C11H14S. The number of fused-ring (bicyclic) bond motifs is 1. The zero-order valence-corrected chi connectivity index (χ0v) is 8.34. The minimum absolute atomic E-state index is 1.30. The molecule has 1 heteroatoms. The average molecular weight is 178 g/mol. The third-order valence-electron chi connectivity index (χ3n) is 2.66. The molecule has 12 heavy (non-hydrogen) atoms. The second-order valence-electron chi connectivity index (χ2n) is 3.40. The number of hydrogen-bond acceptors (Lipinski definition) is 1. The van der Waals surface area contributed by atoms with E-state index in [9.17, 15) is 0 Å². The van der Waals surface area contributed by atoms with Gasteiger partial charge in [-0.15, -0.1) is 11.3 Å². The van der Waals surface area contributed by atoms with E-state index in [1.165, 1.54) is 36.1 Å². The molecule has 1 aliphatic rings. The minimum Gasteiger partial charge on any atom is -0.140 e. The number of hydrogen-bond donors (Lipinski definition) is 0. The Bertz CT molecular complexity index is 307. The topological polar surface area (TPSA) is 0 Å². The summed E-state index contributed by atoms with van der Waals surface area (Å²) in [5.41, 5.74) is 3.12. The van der Waals surface area contributed by atoms with Crippen LogP contribution >= 0.6 is 11.3 Å². The summed E-state index contributed by atoms with van der Waals surface area (Å²) in [6, 6.07) is 0. The molecule has 1 aromatic heterocycles. The third kappa shape index (κ3) is 1.13. The van der Waals surface area contributed by atoms with Crippen molar-refractivity contribution in [1.29, 1.82) is 0 Å². The standard InChI is InChI=1S/C11H14S/c1-3-10-8(2)9-6-4-5-7-11(9)12-10/h3H,1,4-7H2,2H3. The molecule has 0 saturated carbocycles. The van der Waals surface area contributed by atoms with Crippen molar-refractivity contribution in [2.75, 3.05) is 0 Å². The van der Waals surface area contributed by atoms with Crippen LogP contribution in [0, 0.1) is 6.92 Å². The van der Waals surface area contributed by atoms with Crippen molar-refractivity contribution < 1.29 is 0 Å². The first kappa shape index (κ1) is 8.06. The van der Waals surface area contributed by atoms with E-state index in [0.29, 0.717) is 0 Å². The van der Waals surface area contributed by atoms with Gasteiger partial charge in [0.15, 0.2) is 0 Å². The third-order valence-corrected chi connectivity index (χ3v) is 4.05. The van der Waals surface area contributed by atoms with Crippen LogP contribution in [-0.2, 0) is 12.8 Å². The van der Waals surface area contributed by atoms with E-state index in [1.807, 2.05) is 17.4 Å². The highest BCUT2D eigenvalue weighted by Gasteiger charge is 2.15. The van der Waals surface area contributed by atoms with E-state index in [4.69, 9.17) is 0 Å². The second kappa shape index (κ2) is 3.06. The van der Waals surface area contributed by atoms with E-state index in [-0.39, 0.29) is 0 Å². The Labute approximate surface area is 77.9 Å². The highest BCUT2D eigenvalue weighted by atomic mass is 32.1. The molecule has 2 rings (SSSR count). The lowest BCUT2D eigenvalue weighted by atomic mass is 9.95. The Kier molecular flexibility index (Phi) is 2.05. The number of aryl methyl sites for hydroxylation is 1. The second-order valence-corrected chi connectivity index (χ2v) is 4.54. The zero-order valence-electron chi connectivity index (χ0n) is 7.52. The van der Waals surface area contributed by atoms with Crippen LogP contribution in [0.15, 0.2) is 6.58 Å². The molecule has 0 aromatic carbocycles. The SMILES string of the molecule is C=Cc1sc2c(c1C)CCCC2. The predicted octanol–water partition coefficient (Wildman–Crippen LogP) is 3.58. The maximum atomic E-state index is 3.85. The maximum absolute atomic E-state index is 3.85. The summed E-state index contributed by atoms with van der Waals surface area (Å²) in [6.45, 7) is 6.08. The molecule has 0 atom stereocenters. The van der Waals surface area contributed by atoms with Crippen molar-refractivity contribution in [3.05, 3.63) is 27.5 Å². The lowest BCUT2D eigenvalue weighted by Crippen LogP contribution is -1.98. The molecule has 0 fully saturated rings. The molecule has 0 saturated heterocycles. The van der Waals surface area contributed by atoms with Crippen LogP contribution in [0.4, 0.5) is 0 Å². The van der Waals surface area contributed by atoms with Gasteiger partial charge in [-0.25, -0.2) is 0 Å². The minimum atomic E-state index is 1.30. The fourth-order valence-corrected chi connectivity index (χ4v) is 3.19. The molecule has 0 aliphatic heterocycles. The molecule has 0 bridgehead atoms. The van der Waals surface area contributed by atoms with Crippen molar-refractivity contribution in [2.45, 2.75) is 32.6 Å². The van der Waals surface area contributed by atoms with Crippen molar-refractivity contribution in [2.24, 2.45) is 0 Å². The Morgan fingerprint density at radius 1 is 1.33 bits per heavy atom. The van der Waals surface area contributed by atoms with Gasteiger partial charge in [0.2, 0.25) is 0 Å². The fraction of sp³-hybridized carbons (Fsp3) is 0.455. The van der Waals surface area contributed by atoms with Gasteiger partial charge in [-0.1, -0.05) is 12.7 Å². The van der Waals surface area contributed by atoms with E-state index in [1.54, 1.807) is 10.4 Å². The molecule has 0 N–H and O–H groups in total. The van der Waals surface area contributed by atoms with Gasteiger partial charge in [0.25, 0.3) is 0 Å².